The highest BCUT2D eigenvalue weighted by Gasteiger charge is 2.15. The summed E-state index contributed by atoms with van der Waals surface area (Å²) in [7, 11) is -3.22. The van der Waals surface area contributed by atoms with Crippen LogP contribution in [0.3, 0.4) is 0 Å². The molecular formula is C17H18ClNO3S. The highest BCUT2D eigenvalue weighted by Crippen LogP contribution is 2.20. The van der Waals surface area contributed by atoms with Gasteiger partial charge in [-0.1, -0.05) is 36.7 Å². The van der Waals surface area contributed by atoms with Gasteiger partial charge in [0.25, 0.3) is 5.91 Å². The third-order valence-corrected chi connectivity index (χ3v) is 4.87. The highest BCUT2D eigenvalue weighted by atomic mass is 35.5. The van der Waals surface area contributed by atoms with Crippen LogP contribution in [0.15, 0.2) is 53.4 Å². The van der Waals surface area contributed by atoms with Crippen LogP contribution in [0.25, 0.3) is 0 Å². The molecule has 0 heterocycles. The molecule has 0 aromatic heterocycles. The number of carbonyl (C=O) groups excluding carboxylic acids is 1. The number of hydrogen-bond donors (Lipinski definition) is 1. The normalized spacial score (nSPS) is 12.7. The number of amides is 1. The number of halogens is 1. The first kappa shape index (κ1) is 17.5. The molecule has 0 saturated heterocycles. The van der Waals surface area contributed by atoms with Crippen molar-refractivity contribution in [3.63, 3.8) is 0 Å². The van der Waals surface area contributed by atoms with Gasteiger partial charge in [0.05, 0.1) is 10.9 Å². The number of hydrogen-bond acceptors (Lipinski definition) is 3. The molecule has 2 aromatic carbocycles. The quantitative estimate of drug-likeness (QED) is 0.894. The maximum Gasteiger partial charge on any atom is 0.251 e. The molecule has 0 radical (unpaired) electrons. The summed E-state index contributed by atoms with van der Waals surface area (Å²) in [6.45, 7) is 1.95. The maximum absolute atomic E-state index is 12.3. The van der Waals surface area contributed by atoms with Crippen molar-refractivity contribution in [2.24, 2.45) is 0 Å². The molecule has 23 heavy (non-hydrogen) atoms. The van der Waals surface area contributed by atoms with E-state index in [1.807, 2.05) is 6.92 Å². The van der Waals surface area contributed by atoms with Gasteiger partial charge < -0.3 is 5.32 Å². The zero-order chi connectivity index (χ0) is 17.0. The first-order chi connectivity index (χ1) is 10.8. The minimum atomic E-state index is -3.22. The van der Waals surface area contributed by atoms with Gasteiger partial charge in [-0.25, -0.2) is 8.42 Å². The number of rotatable bonds is 5. The first-order valence-corrected chi connectivity index (χ1v) is 9.44. The maximum atomic E-state index is 12.3. The van der Waals surface area contributed by atoms with Crippen LogP contribution in [0.2, 0.25) is 5.02 Å². The lowest BCUT2D eigenvalue weighted by molar-refractivity contribution is 0.0935. The molecule has 2 rings (SSSR count). The second kappa shape index (κ2) is 7.15. The van der Waals surface area contributed by atoms with Gasteiger partial charge in [0.1, 0.15) is 0 Å². The van der Waals surface area contributed by atoms with Gasteiger partial charge in [-0.05, 0) is 42.3 Å². The Morgan fingerprint density at radius 1 is 1.17 bits per heavy atom. The van der Waals surface area contributed by atoms with Crippen molar-refractivity contribution in [2.45, 2.75) is 24.3 Å². The Kier molecular flexibility index (Phi) is 5.44. The Morgan fingerprint density at radius 3 is 2.35 bits per heavy atom. The van der Waals surface area contributed by atoms with Crippen molar-refractivity contribution in [2.75, 3.05) is 6.26 Å². The average Bonchev–Trinajstić information content (AvgIpc) is 2.51. The van der Waals surface area contributed by atoms with Crippen LogP contribution in [-0.2, 0) is 9.84 Å². The van der Waals surface area contributed by atoms with Gasteiger partial charge in [0.2, 0.25) is 0 Å². The smallest absolute Gasteiger partial charge is 0.251 e. The number of sulfone groups is 1. The minimum absolute atomic E-state index is 0.199. The second-order valence-corrected chi connectivity index (χ2v) is 7.74. The fourth-order valence-corrected chi connectivity index (χ4v) is 3.06. The summed E-state index contributed by atoms with van der Waals surface area (Å²) in [6.07, 6.45) is 1.85. The molecule has 0 unspecified atom stereocenters. The Morgan fingerprint density at radius 2 is 1.83 bits per heavy atom. The van der Waals surface area contributed by atoms with E-state index in [-0.39, 0.29) is 16.8 Å². The van der Waals surface area contributed by atoms with Crippen molar-refractivity contribution < 1.29 is 13.2 Å². The molecule has 0 aliphatic heterocycles. The van der Waals surface area contributed by atoms with E-state index in [2.05, 4.69) is 5.32 Å². The van der Waals surface area contributed by atoms with E-state index in [4.69, 9.17) is 11.6 Å². The minimum Gasteiger partial charge on any atom is -0.345 e. The summed E-state index contributed by atoms with van der Waals surface area (Å²) in [4.78, 5) is 12.6. The van der Waals surface area contributed by atoms with Crippen LogP contribution in [0.4, 0.5) is 0 Å². The summed E-state index contributed by atoms with van der Waals surface area (Å²) in [5.41, 5.74) is 1.35. The molecule has 0 fully saturated rings. The van der Waals surface area contributed by atoms with Crippen molar-refractivity contribution >= 4 is 27.3 Å². The summed E-state index contributed by atoms with van der Waals surface area (Å²) in [6, 6.07) is 13.1. The SMILES string of the molecule is CC[C@@H](NC(=O)c1cccc(Cl)c1)c1ccc(S(C)(=O)=O)cc1. The van der Waals surface area contributed by atoms with Crippen LogP contribution < -0.4 is 5.32 Å². The molecule has 122 valence electrons. The van der Waals surface area contributed by atoms with Crippen molar-refractivity contribution in [1.29, 1.82) is 0 Å². The molecule has 0 saturated carbocycles. The Labute approximate surface area is 141 Å². The largest absolute Gasteiger partial charge is 0.345 e. The van der Waals surface area contributed by atoms with E-state index in [1.54, 1.807) is 48.5 Å². The van der Waals surface area contributed by atoms with Gasteiger partial charge >= 0.3 is 0 Å². The van der Waals surface area contributed by atoms with Crippen LogP contribution in [0.5, 0.6) is 0 Å². The van der Waals surface area contributed by atoms with Crippen LogP contribution >= 0.6 is 11.6 Å². The van der Waals surface area contributed by atoms with Gasteiger partial charge in [0.15, 0.2) is 9.84 Å². The van der Waals surface area contributed by atoms with Crippen molar-refractivity contribution in [3.05, 3.63) is 64.7 Å². The molecule has 1 atom stereocenters. The Bertz CT molecular complexity index is 801. The topological polar surface area (TPSA) is 63.2 Å². The lowest BCUT2D eigenvalue weighted by atomic mass is 10.0. The molecule has 1 N–H and O–H groups in total. The number of nitrogens with one attached hydrogen (secondary N) is 1. The molecule has 0 aliphatic rings. The third-order valence-electron chi connectivity index (χ3n) is 3.51. The van der Waals surface area contributed by atoms with E-state index in [0.29, 0.717) is 17.0 Å². The Balaban J connectivity index is 2.18. The van der Waals surface area contributed by atoms with E-state index in [0.717, 1.165) is 5.56 Å². The fraction of sp³-hybridized carbons (Fsp3) is 0.235. The second-order valence-electron chi connectivity index (χ2n) is 5.29. The predicted molar refractivity (Wildman–Crippen MR) is 91.5 cm³/mol. The van der Waals surface area contributed by atoms with Crippen molar-refractivity contribution in [1.82, 2.24) is 5.32 Å². The standard InChI is InChI=1S/C17H18ClNO3S/c1-3-16(12-7-9-15(10-8-12)23(2,21)22)19-17(20)13-5-4-6-14(18)11-13/h4-11,16H,3H2,1-2H3,(H,19,20)/t16-/m1/s1. The summed E-state index contributed by atoms with van der Waals surface area (Å²) >= 11 is 5.90. The zero-order valence-electron chi connectivity index (χ0n) is 12.9. The Hall–Kier alpha value is -1.85. The predicted octanol–water partition coefficient (Wildman–Crippen LogP) is 3.62. The first-order valence-electron chi connectivity index (χ1n) is 7.17. The lowest BCUT2D eigenvalue weighted by Gasteiger charge is -2.18. The molecule has 0 aliphatic carbocycles. The summed E-state index contributed by atoms with van der Waals surface area (Å²) in [5.74, 6) is -0.216. The van der Waals surface area contributed by atoms with Gasteiger partial charge in [0, 0.05) is 16.8 Å². The molecular weight excluding hydrogens is 334 g/mol. The number of carbonyl (C=O) groups is 1. The van der Waals surface area contributed by atoms with Crippen LogP contribution in [0.1, 0.15) is 35.3 Å². The van der Waals surface area contributed by atoms with E-state index >= 15 is 0 Å². The monoisotopic (exact) mass is 351 g/mol. The third kappa shape index (κ3) is 4.56. The van der Waals surface area contributed by atoms with E-state index in [9.17, 15) is 13.2 Å². The summed E-state index contributed by atoms with van der Waals surface area (Å²) in [5, 5.41) is 3.44. The molecule has 0 bridgehead atoms. The van der Waals surface area contributed by atoms with E-state index in [1.165, 1.54) is 6.26 Å². The summed E-state index contributed by atoms with van der Waals surface area (Å²) < 4.78 is 23.0. The van der Waals surface area contributed by atoms with E-state index < -0.39 is 9.84 Å². The zero-order valence-corrected chi connectivity index (χ0v) is 14.5. The van der Waals surface area contributed by atoms with Gasteiger partial charge in [-0.15, -0.1) is 0 Å². The molecule has 2 aromatic rings. The van der Waals surface area contributed by atoms with Crippen molar-refractivity contribution in [3.8, 4) is 0 Å². The van der Waals surface area contributed by atoms with Crippen LogP contribution in [0, 0.1) is 0 Å². The molecule has 0 spiro atoms. The number of benzene rings is 2. The van der Waals surface area contributed by atoms with Gasteiger partial charge in [-0.2, -0.15) is 0 Å². The van der Waals surface area contributed by atoms with Gasteiger partial charge in [-0.3, -0.25) is 4.79 Å². The molecule has 1 amide bonds. The average molecular weight is 352 g/mol. The van der Waals surface area contributed by atoms with Crippen LogP contribution in [-0.4, -0.2) is 20.6 Å². The fourth-order valence-electron chi connectivity index (χ4n) is 2.24. The highest BCUT2D eigenvalue weighted by molar-refractivity contribution is 7.90. The molecule has 6 heteroatoms. The molecule has 4 nitrogen and oxygen atoms in total. The lowest BCUT2D eigenvalue weighted by Crippen LogP contribution is -2.28.